The van der Waals surface area contributed by atoms with Gasteiger partial charge in [0.25, 0.3) is 0 Å². The molecular formula is C15H17N7. The molecule has 0 saturated carbocycles. The summed E-state index contributed by atoms with van der Waals surface area (Å²) in [6.45, 7) is 7.68. The SMILES string of the molecule is CCN1C(C(C)C#N)=C(C#N)N(c2cnc(C)[nH]2)C1(C)C#N. The van der Waals surface area contributed by atoms with E-state index < -0.39 is 11.6 Å². The average Bonchev–Trinajstić information content (AvgIpc) is 3.04. The number of hydrogen-bond acceptors (Lipinski definition) is 6. The van der Waals surface area contributed by atoms with Crippen molar-refractivity contribution < 1.29 is 0 Å². The first-order chi connectivity index (χ1) is 10.4. The van der Waals surface area contributed by atoms with Crippen LogP contribution in [0, 0.1) is 46.8 Å². The van der Waals surface area contributed by atoms with Crippen LogP contribution >= 0.6 is 0 Å². The Balaban J connectivity index is 2.73. The summed E-state index contributed by atoms with van der Waals surface area (Å²) in [6, 6.07) is 6.59. The molecule has 112 valence electrons. The van der Waals surface area contributed by atoms with E-state index >= 15 is 0 Å². The minimum absolute atomic E-state index is 0.309. The van der Waals surface area contributed by atoms with Gasteiger partial charge in [0.2, 0.25) is 5.66 Å². The van der Waals surface area contributed by atoms with Crippen molar-refractivity contribution >= 4 is 5.82 Å². The predicted octanol–water partition coefficient (Wildman–Crippen LogP) is 1.99. The van der Waals surface area contributed by atoms with Gasteiger partial charge in [-0.3, -0.25) is 4.90 Å². The standard InChI is InChI=1S/C15H17N7/c1-5-21-14(10(2)6-16)12(7-17)22(15(21,4)9-18)13-8-19-11(3)20-13/h8,10H,5H2,1-4H3,(H,19,20). The zero-order valence-corrected chi connectivity index (χ0v) is 13.0. The van der Waals surface area contributed by atoms with E-state index in [4.69, 9.17) is 0 Å². The molecule has 2 rings (SSSR count). The van der Waals surface area contributed by atoms with Crippen LogP contribution in [0.5, 0.6) is 0 Å². The number of aryl methyl sites for hydroxylation is 1. The molecule has 2 heterocycles. The lowest BCUT2D eigenvalue weighted by molar-refractivity contribution is 0.228. The lowest BCUT2D eigenvalue weighted by Crippen LogP contribution is -2.52. The van der Waals surface area contributed by atoms with Gasteiger partial charge in [0.15, 0.2) is 0 Å². The van der Waals surface area contributed by atoms with Crippen LogP contribution < -0.4 is 4.90 Å². The molecule has 1 aliphatic rings. The molecular weight excluding hydrogens is 278 g/mol. The Morgan fingerprint density at radius 2 is 2.09 bits per heavy atom. The van der Waals surface area contributed by atoms with Gasteiger partial charge in [0.05, 0.1) is 23.9 Å². The van der Waals surface area contributed by atoms with E-state index in [2.05, 4.69) is 28.2 Å². The summed E-state index contributed by atoms with van der Waals surface area (Å²) in [7, 11) is 0. The second-order valence-electron chi connectivity index (χ2n) is 5.26. The van der Waals surface area contributed by atoms with Crippen LogP contribution in [0.1, 0.15) is 26.6 Å². The first-order valence-corrected chi connectivity index (χ1v) is 6.99. The van der Waals surface area contributed by atoms with Gasteiger partial charge < -0.3 is 9.88 Å². The highest BCUT2D eigenvalue weighted by Crippen LogP contribution is 2.42. The lowest BCUT2D eigenvalue weighted by Gasteiger charge is -2.37. The molecule has 1 N–H and O–H groups in total. The summed E-state index contributed by atoms with van der Waals surface area (Å²) in [4.78, 5) is 10.6. The summed E-state index contributed by atoms with van der Waals surface area (Å²) in [6.07, 6.45) is 1.59. The second kappa shape index (κ2) is 5.42. The Bertz CT molecular complexity index is 739. The molecule has 22 heavy (non-hydrogen) atoms. The van der Waals surface area contributed by atoms with Gasteiger partial charge in [-0.05, 0) is 27.7 Å². The van der Waals surface area contributed by atoms with E-state index in [1.807, 2.05) is 6.92 Å². The first kappa shape index (κ1) is 15.4. The summed E-state index contributed by atoms with van der Waals surface area (Å²) in [5.74, 6) is 0.769. The molecule has 0 radical (unpaired) electrons. The molecule has 0 aliphatic carbocycles. The van der Waals surface area contributed by atoms with E-state index in [-0.39, 0.29) is 0 Å². The van der Waals surface area contributed by atoms with Crippen LogP contribution in [0.3, 0.4) is 0 Å². The minimum Gasteiger partial charge on any atom is -0.337 e. The summed E-state index contributed by atoms with van der Waals surface area (Å²) >= 11 is 0. The number of hydrogen-bond donors (Lipinski definition) is 1. The monoisotopic (exact) mass is 295 g/mol. The Kier molecular flexibility index (Phi) is 3.80. The van der Waals surface area contributed by atoms with Crippen LogP contribution in [0.25, 0.3) is 0 Å². The number of rotatable bonds is 3. The quantitative estimate of drug-likeness (QED) is 0.913. The number of allylic oxidation sites excluding steroid dienone is 2. The van der Waals surface area contributed by atoms with Crippen LogP contribution in [-0.2, 0) is 0 Å². The maximum absolute atomic E-state index is 9.76. The van der Waals surface area contributed by atoms with Crippen molar-refractivity contribution in [3.8, 4) is 18.2 Å². The van der Waals surface area contributed by atoms with Crippen molar-refractivity contribution in [2.24, 2.45) is 5.92 Å². The molecule has 0 spiro atoms. The lowest BCUT2D eigenvalue weighted by atomic mass is 10.1. The minimum atomic E-state index is -1.08. The molecule has 1 aliphatic heterocycles. The van der Waals surface area contributed by atoms with Gasteiger partial charge in [0.1, 0.15) is 29.5 Å². The molecule has 0 bridgehead atoms. The number of nitrogens with one attached hydrogen (secondary N) is 1. The summed E-state index contributed by atoms with van der Waals surface area (Å²) in [5.41, 5.74) is -0.202. The zero-order chi connectivity index (χ0) is 16.5. The smallest absolute Gasteiger partial charge is 0.205 e. The number of H-pyrrole nitrogens is 1. The van der Waals surface area contributed by atoms with E-state index in [0.717, 1.165) is 0 Å². The highest BCUT2D eigenvalue weighted by Gasteiger charge is 2.50. The Hall–Kier alpha value is -2.98. The van der Waals surface area contributed by atoms with Crippen LogP contribution in [0.15, 0.2) is 17.6 Å². The maximum atomic E-state index is 9.76. The fourth-order valence-electron chi connectivity index (χ4n) is 2.89. The number of nitrogens with zero attached hydrogens (tertiary/aromatic N) is 6. The summed E-state index contributed by atoms with van der Waals surface area (Å²) in [5, 5.41) is 28.7. The third-order valence-electron chi connectivity index (χ3n) is 3.89. The van der Waals surface area contributed by atoms with Crippen molar-refractivity contribution in [3.05, 3.63) is 23.4 Å². The number of aromatic nitrogens is 2. The second-order valence-corrected chi connectivity index (χ2v) is 5.26. The van der Waals surface area contributed by atoms with Crippen molar-refractivity contribution in [2.45, 2.75) is 33.4 Å². The van der Waals surface area contributed by atoms with Gasteiger partial charge in [-0.25, -0.2) is 4.98 Å². The van der Waals surface area contributed by atoms with Gasteiger partial charge in [-0.15, -0.1) is 0 Å². The highest BCUT2D eigenvalue weighted by atomic mass is 15.5. The topological polar surface area (TPSA) is 107 Å². The molecule has 1 aromatic rings. The van der Waals surface area contributed by atoms with Gasteiger partial charge in [-0.1, -0.05) is 0 Å². The van der Waals surface area contributed by atoms with E-state index in [1.54, 1.807) is 36.8 Å². The van der Waals surface area contributed by atoms with Gasteiger partial charge >= 0.3 is 0 Å². The third kappa shape index (κ3) is 1.98. The Labute approximate surface area is 129 Å². The Morgan fingerprint density at radius 3 is 2.50 bits per heavy atom. The van der Waals surface area contributed by atoms with Crippen molar-refractivity contribution in [1.82, 2.24) is 14.9 Å². The Morgan fingerprint density at radius 1 is 1.41 bits per heavy atom. The number of anilines is 1. The van der Waals surface area contributed by atoms with Crippen molar-refractivity contribution in [3.63, 3.8) is 0 Å². The van der Waals surface area contributed by atoms with Crippen LogP contribution in [-0.4, -0.2) is 27.1 Å². The predicted molar refractivity (Wildman–Crippen MR) is 79.6 cm³/mol. The molecule has 2 atom stereocenters. The fourth-order valence-corrected chi connectivity index (χ4v) is 2.89. The van der Waals surface area contributed by atoms with Crippen LogP contribution in [0.4, 0.5) is 5.82 Å². The number of nitriles is 3. The zero-order valence-electron chi connectivity index (χ0n) is 13.0. The van der Waals surface area contributed by atoms with E-state index in [1.165, 1.54) is 0 Å². The van der Waals surface area contributed by atoms with Gasteiger partial charge in [0, 0.05) is 6.54 Å². The van der Waals surface area contributed by atoms with Crippen molar-refractivity contribution in [1.29, 1.82) is 15.8 Å². The van der Waals surface area contributed by atoms with Crippen molar-refractivity contribution in [2.75, 3.05) is 11.4 Å². The number of imidazole rings is 1. The molecule has 7 nitrogen and oxygen atoms in total. The normalized spacial score (nSPS) is 22.2. The number of aromatic amines is 1. The molecule has 0 saturated heterocycles. The fraction of sp³-hybridized carbons (Fsp3) is 0.467. The summed E-state index contributed by atoms with van der Waals surface area (Å²) < 4.78 is 0. The molecule has 1 aromatic heterocycles. The molecule has 0 fully saturated rings. The molecule has 0 aromatic carbocycles. The average molecular weight is 295 g/mol. The molecule has 0 amide bonds. The highest BCUT2D eigenvalue weighted by molar-refractivity contribution is 5.61. The molecule has 7 heteroatoms. The largest absolute Gasteiger partial charge is 0.337 e. The van der Waals surface area contributed by atoms with Gasteiger partial charge in [-0.2, -0.15) is 15.8 Å². The third-order valence-corrected chi connectivity index (χ3v) is 3.89. The van der Waals surface area contributed by atoms with E-state index in [0.29, 0.717) is 29.6 Å². The van der Waals surface area contributed by atoms with Crippen LogP contribution in [0.2, 0.25) is 0 Å². The van der Waals surface area contributed by atoms with E-state index in [9.17, 15) is 15.8 Å². The maximum Gasteiger partial charge on any atom is 0.205 e. The first-order valence-electron chi connectivity index (χ1n) is 6.99. The molecule has 2 unspecified atom stereocenters.